The summed E-state index contributed by atoms with van der Waals surface area (Å²) < 4.78 is 0. The van der Waals surface area contributed by atoms with Crippen LogP contribution >= 0.6 is 0 Å². The van der Waals surface area contributed by atoms with Gasteiger partial charge in [-0.25, -0.2) is 4.98 Å². The highest BCUT2D eigenvalue weighted by Crippen LogP contribution is 2.26. The van der Waals surface area contributed by atoms with Crippen molar-refractivity contribution in [3.8, 4) is 0 Å². The van der Waals surface area contributed by atoms with Crippen LogP contribution in [0.1, 0.15) is 41.7 Å². The number of carbonyl (C=O) groups excluding carboxylic acids is 1. The molecule has 0 atom stereocenters. The van der Waals surface area contributed by atoms with Crippen LogP contribution in [0.25, 0.3) is 0 Å². The molecule has 0 saturated carbocycles. The van der Waals surface area contributed by atoms with Crippen LogP contribution in [0.5, 0.6) is 0 Å². The summed E-state index contributed by atoms with van der Waals surface area (Å²) in [6.07, 6.45) is 8.83. The van der Waals surface area contributed by atoms with Crippen LogP contribution in [-0.4, -0.2) is 53.5 Å². The molecular formula is C21H27N5O. The van der Waals surface area contributed by atoms with E-state index in [0.29, 0.717) is 11.5 Å². The van der Waals surface area contributed by atoms with Crippen molar-refractivity contribution in [3.63, 3.8) is 0 Å². The van der Waals surface area contributed by atoms with Gasteiger partial charge in [0.25, 0.3) is 5.91 Å². The first-order chi connectivity index (χ1) is 13.3. The Morgan fingerprint density at radius 3 is 2.81 bits per heavy atom. The fourth-order valence-corrected chi connectivity index (χ4v) is 3.97. The maximum Gasteiger partial charge on any atom is 0.274 e. The molecule has 3 heterocycles. The lowest BCUT2D eigenvalue weighted by molar-refractivity contribution is 0.0786. The molecule has 4 rings (SSSR count). The summed E-state index contributed by atoms with van der Waals surface area (Å²) in [5.74, 6) is 0.674. The highest BCUT2D eigenvalue weighted by Gasteiger charge is 2.21. The molecule has 0 spiro atoms. The van der Waals surface area contributed by atoms with Gasteiger partial charge < -0.3 is 15.1 Å². The minimum atomic E-state index is -0.00595. The summed E-state index contributed by atoms with van der Waals surface area (Å²) in [7, 11) is 0. The van der Waals surface area contributed by atoms with Crippen LogP contribution in [0.3, 0.4) is 0 Å². The summed E-state index contributed by atoms with van der Waals surface area (Å²) in [5, 5.41) is 3.32. The molecule has 2 aromatic rings. The van der Waals surface area contributed by atoms with Crippen molar-refractivity contribution in [1.29, 1.82) is 0 Å². The second-order valence-electron chi connectivity index (χ2n) is 7.29. The zero-order valence-corrected chi connectivity index (χ0v) is 15.7. The number of hydrogen-bond acceptors (Lipinski definition) is 5. The van der Waals surface area contributed by atoms with E-state index in [1.54, 1.807) is 12.4 Å². The molecule has 6 heteroatoms. The molecule has 1 aromatic heterocycles. The van der Waals surface area contributed by atoms with E-state index in [-0.39, 0.29) is 5.91 Å². The van der Waals surface area contributed by atoms with E-state index < -0.39 is 0 Å². The van der Waals surface area contributed by atoms with Crippen LogP contribution in [0.4, 0.5) is 11.5 Å². The summed E-state index contributed by atoms with van der Waals surface area (Å²) in [6, 6.07) is 8.70. The van der Waals surface area contributed by atoms with Crippen LogP contribution in [0, 0.1) is 0 Å². The van der Waals surface area contributed by atoms with Gasteiger partial charge in [-0.15, -0.1) is 0 Å². The lowest BCUT2D eigenvalue weighted by Crippen LogP contribution is -2.31. The number of hydrogen-bond donors (Lipinski definition) is 1. The Hall–Kier alpha value is -2.63. The number of aryl methyl sites for hydroxylation is 1. The minimum Gasteiger partial charge on any atom is -0.371 e. The topological polar surface area (TPSA) is 61.4 Å². The molecular weight excluding hydrogens is 338 g/mol. The predicted molar refractivity (Wildman–Crippen MR) is 107 cm³/mol. The molecule has 0 radical (unpaired) electrons. The van der Waals surface area contributed by atoms with Gasteiger partial charge in [0, 0.05) is 38.4 Å². The number of carbonyl (C=O) groups is 1. The Morgan fingerprint density at radius 2 is 1.93 bits per heavy atom. The number of aromatic nitrogens is 2. The fourth-order valence-electron chi connectivity index (χ4n) is 3.97. The Kier molecular flexibility index (Phi) is 5.51. The Balaban J connectivity index is 1.29. The van der Waals surface area contributed by atoms with E-state index in [1.165, 1.54) is 24.1 Å². The van der Waals surface area contributed by atoms with E-state index in [2.05, 4.69) is 44.5 Å². The van der Waals surface area contributed by atoms with Gasteiger partial charge in [-0.1, -0.05) is 18.2 Å². The van der Waals surface area contributed by atoms with Crippen LogP contribution in [-0.2, 0) is 6.42 Å². The van der Waals surface area contributed by atoms with Gasteiger partial charge in [0.1, 0.15) is 11.5 Å². The third-order valence-corrected chi connectivity index (χ3v) is 5.36. The number of rotatable bonds is 6. The maximum absolute atomic E-state index is 12.4. The van der Waals surface area contributed by atoms with E-state index in [9.17, 15) is 4.79 Å². The number of benzene rings is 1. The van der Waals surface area contributed by atoms with Gasteiger partial charge in [0.2, 0.25) is 0 Å². The Bertz CT molecular complexity index is 788. The monoisotopic (exact) mass is 365 g/mol. The Morgan fingerprint density at radius 1 is 1.07 bits per heavy atom. The van der Waals surface area contributed by atoms with E-state index in [4.69, 9.17) is 0 Å². The third-order valence-electron chi connectivity index (χ3n) is 5.36. The van der Waals surface area contributed by atoms with Gasteiger partial charge in [0.15, 0.2) is 0 Å². The first-order valence-electron chi connectivity index (χ1n) is 9.99. The molecule has 1 amide bonds. The average molecular weight is 365 g/mol. The summed E-state index contributed by atoms with van der Waals surface area (Å²) in [6.45, 7) is 4.61. The van der Waals surface area contributed by atoms with Crippen LogP contribution in [0.15, 0.2) is 36.7 Å². The predicted octanol–water partition coefficient (Wildman–Crippen LogP) is 2.97. The summed E-state index contributed by atoms with van der Waals surface area (Å²) >= 11 is 0. The normalized spacial score (nSPS) is 16.3. The van der Waals surface area contributed by atoms with Crippen molar-refractivity contribution in [2.24, 2.45) is 0 Å². The fraction of sp³-hybridized carbons (Fsp3) is 0.476. The lowest BCUT2D eigenvalue weighted by atomic mass is 10.0. The standard InChI is InChI=1S/C21H27N5O/c27-21(26-11-3-4-12-26)18-15-22-16-20(24-18)23-10-6-14-25-13-5-8-17-7-1-2-9-19(17)25/h1-2,7,9,15-16H,3-6,8,10-14H2,(H,23,24). The molecule has 2 aliphatic heterocycles. The molecule has 0 aliphatic carbocycles. The number of anilines is 2. The molecule has 1 aromatic carbocycles. The molecule has 1 saturated heterocycles. The largest absolute Gasteiger partial charge is 0.371 e. The van der Waals surface area contributed by atoms with Crippen LogP contribution in [0.2, 0.25) is 0 Å². The van der Waals surface area contributed by atoms with Gasteiger partial charge in [-0.3, -0.25) is 9.78 Å². The molecule has 0 bridgehead atoms. The summed E-state index contributed by atoms with van der Waals surface area (Å²) in [5.41, 5.74) is 3.27. The number of amides is 1. The SMILES string of the molecule is O=C(c1cncc(NCCCN2CCCc3ccccc32)n1)N1CCCC1. The number of fused-ring (bicyclic) bond motifs is 1. The maximum atomic E-state index is 12.4. The first-order valence-corrected chi connectivity index (χ1v) is 9.99. The molecule has 1 N–H and O–H groups in total. The quantitative estimate of drug-likeness (QED) is 0.798. The summed E-state index contributed by atoms with van der Waals surface area (Å²) in [4.78, 5) is 25.4. The highest BCUT2D eigenvalue weighted by atomic mass is 16.2. The molecule has 1 fully saturated rings. The number of nitrogens with one attached hydrogen (secondary N) is 1. The molecule has 0 unspecified atom stereocenters. The first kappa shape index (κ1) is 17.8. The smallest absolute Gasteiger partial charge is 0.274 e. The molecule has 27 heavy (non-hydrogen) atoms. The van der Waals surface area contributed by atoms with E-state index in [0.717, 1.165) is 52.0 Å². The van der Waals surface area contributed by atoms with Crippen molar-refractivity contribution in [2.75, 3.05) is 42.9 Å². The average Bonchev–Trinajstić information content (AvgIpc) is 3.26. The number of likely N-dealkylation sites (tertiary alicyclic amines) is 1. The number of para-hydroxylation sites is 1. The zero-order valence-electron chi connectivity index (χ0n) is 15.7. The van der Waals surface area contributed by atoms with E-state index in [1.807, 2.05) is 4.90 Å². The van der Waals surface area contributed by atoms with Crippen molar-refractivity contribution in [1.82, 2.24) is 14.9 Å². The highest BCUT2D eigenvalue weighted by molar-refractivity contribution is 5.92. The second kappa shape index (κ2) is 8.37. The zero-order chi connectivity index (χ0) is 18.5. The van der Waals surface area contributed by atoms with E-state index >= 15 is 0 Å². The van der Waals surface area contributed by atoms with Crippen molar-refractivity contribution in [2.45, 2.75) is 32.1 Å². The van der Waals surface area contributed by atoms with Gasteiger partial charge in [-0.05, 0) is 43.7 Å². The van der Waals surface area contributed by atoms with Gasteiger partial charge in [0.05, 0.1) is 12.4 Å². The third kappa shape index (κ3) is 4.21. The molecule has 6 nitrogen and oxygen atoms in total. The lowest BCUT2D eigenvalue weighted by Gasteiger charge is -2.31. The number of nitrogens with zero attached hydrogens (tertiary/aromatic N) is 4. The van der Waals surface area contributed by atoms with Crippen molar-refractivity contribution < 1.29 is 4.79 Å². The van der Waals surface area contributed by atoms with Gasteiger partial charge >= 0.3 is 0 Å². The second-order valence-corrected chi connectivity index (χ2v) is 7.29. The van der Waals surface area contributed by atoms with Crippen molar-refractivity contribution >= 4 is 17.4 Å². The molecule has 142 valence electrons. The van der Waals surface area contributed by atoms with Crippen LogP contribution < -0.4 is 10.2 Å². The van der Waals surface area contributed by atoms with Gasteiger partial charge in [-0.2, -0.15) is 0 Å². The molecule has 2 aliphatic rings. The Labute approximate surface area is 160 Å². The van der Waals surface area contributed by atoms with Crippen molar-refractivity contribution in [3.05, 3.63) is 47.9 Å². The minimum absolute atomic E-state index is 0.00595.